The zero-order valence-electron chi connectivity index (χ0n) is 18.0. The standard InChI is InChI=1S/C25H20N4O3S/c1-3-5-23(30)28-17-8-11-21-20(14-17)22(12-13-26-21)32-18-9-6-16(7-10-18)24(31)29-25-27-15-19(4-2)33-25/h6-15H,4H2,1-2H3,(H,28,30)(H,27,29,31). The molecule has 4 rings (SSSR count). The van der Waals surface area contributed by atoms with E-state index in [0.29, 0.717) is 27.9 Å². The molecule has 0 atom stereocenters. The minimum atomic E-state index is -0.388. The fourth-order valence-corrected chi connectivity index (χ4v) is 3.81. The van der Waals surface area contributed by atoms with Gasteiger partial charge in [-0.25, -0.2) is 4.98 Å². The van der Waals surface area contributed by atoms with Gasteiger partial charge in [-0.05, 0) is 67.8 Å². The van der Waals surface area contributed by atoms with Crippen LogP contribution in [0.1, 0.15) is 29.1 Å². The molecule has 0 unspecified atom stereocenters. The number of rotatable bonds is 6. The van der Waals surface area contributed by atoms with Crippen molar-refractivity contribution in [2.45, 2.75) is 20.3 Å². The number of thiazole rings is 1. The molecular weight excluding hydrogens is 436 g/mol. The molecule has 2 aromatic carbocycles. The molecule has 0 spiro atoms. The maximum Gasteiger partial charge on any atom is 0.300 e. The number of anilines is 2. The third kappa shape index (κ3) is 5.34. The van der Waals surface area contributed by atoms with Gasteiger partial charge in [0.05, 0.1) is 5.52 Å². The first-order chi connectivity index (χ1) is 16.1. The maximum absolute atomic E-state index is 12.5. The van der Waals surface area contributed by atoms with E-state index in [1.54, 1.807) is 67.8 Å². The van der Waals surface area contributed by atoms with E-state index in [-0.39, 0.29) is 11.8 Å². The molecule has 8 heteroatoms. The number of pyridine rings is 1. The van der Waals surface area contributed by atoms with E-state index in [2.05, 4.69) is 32.4 Å². The van der Waals surface area contributed by atoms with Gasteiger partial charge in [0.15, 0.2) is 5.13 Å². The second-order valence-corrected chi connectivity index (χ2v) is 8.05. The highest BCUT2D eigenvalue weighted by molar-refractivity contribution is 7.15. The van der Waals surface area contributed by atoms with Gasteiger partial charge in [0, 0.05) is 33.9 Å². The number of amides is 2. The van der Waals surface area contributed by atoms with Gasteiger partial charge in [-0.15, -0.1) is 11.3 Å². The number of benzene rings is 2. The molecule has 4 aromatic rings. The monoisotopic (exact) mass is 456 g/mol. The van der Waals surface area contributed by atoms with Crippen molar-refractivity contribution >= 4 is 44.9 Å². The first kappa shape index (κ1) is 22.0. The molecule has 0 aliphatic carbocycles. The molecule has 0 radical (unpaired) electrons. The summed E-state index contributed by atoms with van der Waals surface area (Å²) < 4.78 is 6.05. The van der Waals surface area contributed by atoms with Crippen LogP contribution in [0.4, 0.5) is 10.8 Å². The number of ether oxygens (including phenoxy) is 1. The molecule has 2 amide bonds. The minimum Gasteiger partial charge on any atom is -0.457 e. The molecule has 164 valence electrons. The summed E-state index contributed by atoms with van der Waals surface area (Å²) in [4.78, 5) is 33.9. The highest BCUT2D eigenvalue weighted by Crippen LogP contribution is 2.31. The van der Waals surface area contributed by atoms with Crippen LogP contribution in [0.2, 0.25) is 0 Å². The molecule has 0 fully saturated rings. The minimum absolute atomic E-state index is 0.233. The van der Waals surface area contributed by atoms with Crippen molar-refractivity contribution < 1.29 is 14.3 Å². The lowest BCUT2D eigenvalue weighted by atomic mass is 10.1. The molecule has 33 heavy (non-hydrogen) atoms. The van der Waals surface area contributed by atoms with Gasteiger partial charge in [0.1, 0.15) is 11.5 Å². The van der Waals surface area contributed by atoms with E-state index in [1.807, 2.05) is 6.92 Å². The lowest BCUT2D eigenvalue weighted by molar-refractivity contribution is -0.111. The molecule has 7 nitrogen and oxygen atoms in total. The van der Waals surface area contributed by atoms with Crippen molar-refractivity contribution in [3.05, 3.63) is 71.4 Å². The number of carbonyl (C=O) groups is 2. The van der Waals surface area contributed by atoms with Gasteiger partial charge in [-0.3, -0.25) is 19.9 Å². The van der Waals surface area contributed by atoms with E-state index in [0.717, 1.165) is 22.2 Å². The molecule has 0 aliphatic rings. The number of nitrogens with one attached hydrogen (secondary N) is 2. The largest absolute Gasteiger partial charge is 0.457 e. The summed E-state index contributed by atoms with van der Waals surface area (Å²) in [6.07, 6.45) is 4.30. The Labute approximate surface area is 194 Å². The molecule has 0 aliphatic heterocycles. The fourth-order valence-electron chi connectivity index (χ4n) is 3.06. The zero-order valence-corrected chi connectivity index (χ0v) is 18.8. The quantitative estimate of drug-likeness (QED) is 0.386. The predicted molar refractivity (Wildman–Crippen MR) is 130 cm³/mol. The Balaban J connectivity index is 1.51. The third-order valence-electron chi connectivity index (χ3n) is 4.66. The van der Waals surface area contributed by atoms with Crippen molar-refractivity contribution in [1.82, 2.24) is 9.97 Å². The summed E-state index contributed by atoms with van der Waals surface area (Å²) in [5.74, 6) is 5.53. The predicted octanol–water partition coefficient (Wildman–Crippen LogP) is 5.26. The summed E-state index contributed by atoms with van der Waals surface area (Å²) in [5.41, 5.74) is 1.81. The molecule has 2 N–H and O–H groups in total. The Bertz CT molecular complexity index is 1380. The van der Waals surface area contributed by atoms with E-state index in [4.69, 9.17) is 4.74 Å². The summed E-state index contributed by atoms with van der Waals surface area (Å²) >= 11 is 1.46. The molecule has 0 saturated carbocycles. The second-order valence-electron chi connectivity index (χ2n) is 6.94. The SMILES string of the molecule is CC#CC(=O)Nc1ccc2nccc(Oc3ccc(C(=O)Nc4ncc(CC)s4)cc3)c2c1. The van der Waals surface area contributed by atoms with Crippen LogP contribution in [0.25, 0.3) is 10.9 Å². The van der Waals surface area contributed by atoms with Crippen LogP contribution in [-0.2, 0) is 11.2 Å². The van der Waals surface area contributed by atoms with Crippen molar-refractivity contribution in [3.8, 4) is 23.3 Å². The van der Waals surface area contributed by atoms with E-state index < -0.39 is 0 Å². The van der Waals surface area contributed by atoms with Crippen LogP contribution < -0.4 is 15.4 Å². The maximum atomic E-state index is 12.5. The number of nitrogens with zero attached hydrogens (tertiary/aromatic N) is 2. The Morgan fingerprint density at radius 1 is 1.06 bits per heavy atom. The molecule has 2 heterocycles. The van der Waals surface area contributed by atoms with Crippen molar-refractivity contribution in [1.29, 1.82) is 0 Å². The first-order valence-corrected chi connectivity index (χ1v) is 11.0. The van der Waals surface area contributed by atoms with Gasteiger partial charge in [0.2, 0.25) is 0 Å². The van der Waals surface area contributed by atoms with Gasteiger partial charge in [-0.2, -0.15) is 0 Å². The molecule has 2 aromatic heterocycles. The van der Waals surface area contributed by atoms with Crippen LogP contribution in [0.3, 0.4) is 0 Å². The van der Waals surface area contributed by atoms with E-state index in [1.165, 1.54) is 11.3 Å². The number of carbonyl (C=O) groups excluding carboxylic acids is 2. The highest BCUT2D eigenvalue weighted by atomic mass is 32.1. The number of aromatic nitrogens is 2. The third-order valence-corrected chi connectivity index (χ3v) is 5.72. The van der Waals surface area contributed by atoms with Crippen LogP contribution in [0.15, 0.2) is 60.9 Å². The summed E-state index contributed by atoms with van der Waals surface area (Å²) in [6.45, 7) is 3.65. The van der Waals surface area contributed by atoms with Gasteiger partial charge >= 0.3 is 0 Å². The second kappa shape index (κ2) is 9.94. The summed E-state index contributed by atoms with van der Waals surface area (Å²) in [7, 11) is 0. The average molecular weight is 457 g/mol. The number of hydrogen-bond acceptors (Lipinski definition) is 6. The molecule has 0 bridgehead atoms. The summed E-state index contributed by atoms with van der Waals surface area (Å²) in [6, 6.07) is 13.9. The average Bonchev–Trinajstić information content (AvgIpc) is 3.27. The Hall–Kier alpha value is -4.22. The van der Waals surface area contributed by atoms with E-state index >= 15 is 0 Å². The van der Waals surface area contributed by atoms with Crippen LogP contribution in [0, 0.1) is 11.8 Å². The number of fused-ring (bicyclic) bond motifs is 1. The first-order valence-electron chi connectivity index (χ1n) is 10.2. The van der Waals surface area contributed by atoms with Crippen LogP contribution >= 0.6 is 11.3 Å². The van der Waals surface area contributed by atoms with Crippen molar-refractivity contribution in [2.24, 2.45) is 0 Å². The van der Waals surface area contributed by atoms with Gasteiger partial charge in [-0.1, -0.05) is 12.8 Å². The van der Waals surface area contributed by atoms with Crippen LogP contribution in [-0.4, -0.2) is 21.8 Å². The Morgan fingerprint density at radius 2 is 1.88 bits per heavy atom. The number of aryl methyl sites for hydroxylation is 1. The molecular formula is C25H20N4O3S. The van der Waals surface area contributed by atoms with Gasteiger partial charge < -0.3 is 10.1 Å². The normalized spacial score (nSPS) is 10.2. The lowest BCUT2D eigenvalue weighted by Gasteiger charge is -2.10. The zero-order chi connectivity index (χ0) is 23.2. The molecule has 0 saturated heterocycles. The van der Waals surface area contributed by atoms with E-state index in [9.17, 15) is 9.59 Å². The topological polar surface area (TPSA) is 93.2 Å². The Morgan fingerprint density at radius 3 is 2.61 bits per heavy atom. The fraction of sp³-hybridized carbons (Fsp3) is 0.120. The van der Waals surface area contributed by atoms with Crippen molar-refractivity contribution in [2.75, 3.05) is 10.6 Å². The lowest BCUT2D eigenvalue weighted by Crippen LogP contribution is -2.11. The smallest absolute Gasteiger partial charge is 0.300 e. The Kier molecular flexibility index (Phi) is 6.62. The number of hydrogen-bond donors (Lipinski definition) is 2. The van der Waals surface area contributed by atoms with Crippen molar-refractivity contribution in [3.63, 3.8) is 0 Å². The highest BCUT2D eigenvalue weighted by Gasteiger charge is 2.11. The summed E-state index contributed by atoms with van der Waals surface area (Å²) in [5, 5.41) is 6.85. The van der Waals surface area contributed by atoms with Crippen LogP contribution in [0.5, 0.6) is 11.5 Å². The van der Waals surface area contributed by atoms with Gasteiger partial charge in [0.25, 0.3) is 11.8 Å².